The first-order valence-electron chi connectivity index (χ1n) is 12.8. The lowest BCUT2D eigenvalue weighted by Gasteiger charge is -2.55. The van der Waals surface area contributed by atoms with Crippen molar-refractivity contribution in [2.75, 3.05) is 40.4 Å². The highest BCUT2D eigenvalue weighted by Crippen LogP contribution is 2.54. The molecule has 0 aromatic rings. The highest BCUT2D eigenvalue weighted by atomic mass is 28.4. The Kier molecular flexibility index (Phi) is 5.15. The van der Waals surface area contributed by atoms with Gasteiger partial charge in [-0.2, -0.15) is 0 Å². The molecule has 4 nitrogen and oxygen atoms in total. The van der Waals surface area contributed by atoms with E-state index < -0.39 is 8.88 Å². The van der Waals surface area contributed by atoms with Crippen LogP contribution in [0.1, 0.15) is 64.2 Å². The van der Waals surface area contributed by atoms with Gasteiger partial charge in [0.05, 0.1) is 0 Å². The third-order valence-electron chi connectivity index (χ3n) is 10.5. The zero-order valence-corrected chi connectivity index (χ0v) is 19.7. The van der Waals surface area contributed by atoms with Crippen molar-refractivity contribution in [2.24, 2.45) is 47.3 Å². The van der Waals surface area contributed by atoms with Crippen molar-refractivity contribution in [2.45, 2.75) is 64.2 Å². The second kappa shape index (κ2) is 7.58. The van der Waals surface area contributed by atoms with E-state index in [1.54, 1.807) is 0 Å². The maximum Gasteiger partial charge on any atom is 0.522 e. The number of piperidine rings is 2. The van der Waals surface area contributed by atoms with Crippen molar-refractivity contribution in [3.05, 3.63) is 0 Å². The summed E-state index contributed by atoms with van der Waals surface area (Å²) in [4.78, 5) is 0. The first kappa shape index (κ1) is 19.7. The van der Waals surface area contributed by atoms with Gasteiger partial charge in [0.25, 0.3) is 0 Å². The summed E-state index contributed by atoms with van der Waals surface area (Å²) in [5, 5.41) is 0. The van der Waals surface area contributed by atoms with Crippen molar-refractivity contribution in [3.63, 3.8) is 0 Å². The van der Waals surface area contributed by atoms with Gasteiger partial charge in [-0.05, 0) is 85.9 Å². The Hall–Kier alpha value is 0.0569. The molecule has 0 bridgehead atoms. The smallest absolute Gasteiger partial charge is 0.374 e. The van der Waals surface area contributed by atoms with Gasteiger partial charge in [0.2, 0.25) is 0 Å². The van der Waals surface area contributed by atoms with Crippen LogP contribution in [0.25, 0.3) is 0 Å². The summed E-state index contributed by atoms with van der Waals surface area (Å²) in [6.45, 7) is 4.96. The Morgan fingerprint density at radius 3 is 1.28 bits per heavy atom. The lowest BCUT2D eigenvalue weighted by Crippen LogP contribution is -2.74. The van der Waals surface area contributed by atoms with Crippen LogP contribution < -0.4 is 0 Å². The van der Waals surface area contributed by atoms with Crippen LogP contribution >= 0.6 is 0 Å². The Morgan fingerprint density at radius 2 is 0.862 bits per heavy atom. The monoisotopic (exact) mass is 418 g/mol. The average molecular weight is 419 g/mol. The summed E-state index contributed by atoms with van der Waals surface area (Å²) in [5.41, 5.74) is 0. The molecule has 0 amide bonds. The van der Waals surface area contributed by atoms with Crippen LogP contribution in [0, 0.1) is 47.3 Å². The maximum absolute atomic E-state index is 6.51. The molecule has 8 unspecified atom stereocenters. The largest absolute Gasteiger partial charge is 0.522 e. The van der Waals surface area contributed by atoms with E-state index in [9.17, 15) is 0 Å². The normalized spacial score (nSPS) is 47.8. The number of nitrogens with zero attached hydrogens (tertiary/aromatic N) is 2. The summed E-state index contributed by atoms with van der Waals surface area (Å²) in [6, 6.07) is 0. The molecule has 2 saturated heterocycles. The van der Waals surface area contributed by atoms with Crippen molar-refractivity contribution in [1.82, 2.24) is 9.13 Å². The van der Waals surface area contributed by atoms with Crippen molar-refractivity contribution in [3.8, 4) is 0 Å². The lowest BCUT2D eigenvalue weighted by atomic mass is 9.69. The topological polar surface area (TPSA) is 24.9 Å². The first-order chi connectivity index (χ1) is 14.2. The fourth-order valence-corrected chi connectivity index (χ4v) is 13.1. The Bertz CT molecular complexity index is 566. The van der Waals surface area contributed by atoms with E-state index in [1.165, 1.54) is 90.4 Å². The van der Waals surface area contributed by atoms with E-state index >= 15 is 0 Å². The number of hydrogen-bond donors (Lipinski definition) is 0. The van der Waals surface area contributed by atoms with Crippen molar-refractivity contribution in [1.29, 1.82) is 0 Å². The Morgan fingerprint density at radius 1 is 0.517 bits per heavy atom. The molecule has 8 atom stereocenters. The summed E-state index contributed by atoms with van der Waals surface area (Å²) in [6.07, 6.45) is 14.7. The Labute approximate surface area is 179 Å². The fraction of sp³-hybridized carbons (Fsp3) is 1.00. The van der Waals surface area contributed by atoms with E-state index in [-0.39, 0.29) is 0 Å². The highest BCUT2D eigenvalue weighted by molar-refractivity contribution is 6.61. The number of rotatable bonds is 4. The van der Waals surface area contributed by atoms with Crippen LogP contribution in [0.15, 0.2) is 0 Å². The van der Waals surface area contributed by atoms with E-state index in [0.717, 1.165) is 47.3 Å². The zero-order valence-electron chi connectivity index (χ0n) is 18.7. The minimum absolute atomic E-state index is 0.898. The molecule has 0 spiro atoms. The van der Waals surface area contributed by atoms with Gasteiger partial charge >= 0.3 is 8.88 Å². The molecular formula is C24H42N2O2Si. The van der Waals surface area contributed by atoms with Crippen molar-refractivity contribution < 1.29 is 8.85 Å². The van der Waals surface area contributed by atoms with Gasteiger partial charge in [-0.15, -0.1) is 0 Å². The predicted molar refractivity (Wildman–Crippen MR) is 117 cm³/mol. The van der Waals surface area contributed by atoms with Crippen LogP contribution in [-0.2, 0) is 8.85 Å². The SMILES string of the molecule is CO[Si](OC)(N1CC2CCCC3CCC(C1)C32)N1CC2CCCC3CCC(C1)C32. The standard InChI is InChI=1S/C24H42N2O2Si/c1-27-29(28-2,25-13-19-7-3-5-17-9-11-21(15-25)23(17)19)26-14-20-8-4-6-18-10-12-22(16-26)24(18)20/h17-24H,3-16H2,1-2H3. The van der Waals surface area contributed by atoms with Gasteiger partial charge in [-0.25, -0.2) is 0 Å². The van der Waals surface area contributed by atoms with E-state index in [2.05, 4.69) is 9.13 Å². The van der Waals surface area contributed by atoms with Gasteiger partial charge < -0.3 is 8.85 Å². The third kappa shape index (κ3) is 2.97. The third-order valence-corrected chi connectivity index (χ3v) is 13.9. The van der Waals surface area contributed by atoms with Crippen LogP contribution in [0.5, 0.6) is 0 Å². The van der Waals surface area contributed by atoms with Gasteiger partial charge in [-0.1, -0.05) is 25.7 Å². The molecule has 0 aromatic carbocycles. The van der Waals surface area contributed by atoms with Gasteiger partial charge in [0.1, 0.15) is 0 Å². The molecule has 2 heterocycles. The molecule has 164 valence electrons. The quantitative estimate of drug-likeness (QED) is 0.638. The van der Waals surface area contributed by atoms with E-state index in [1.807, 2.05) is 14.2 Å². The number of hydrogen-bond acceptors (Lipinski definition) is 4. The lowest BCUT2D eigenvalue weighted by molar-refractivity contribution is -0.0143. The molecule has 4 aliphatic carbocycles. The molecule has 0 aromatic heterocycles. The predicted octanol–water partition coefficient (Wildman–Crippen LogP) is 4.23. The zero-order chi connectivity index (χ0) is 19.6. The minimum Gasteiger partial charge on any atom is -0.374 e. The average Bonchev–Trinajstić information content (AvgIpc) is 3.37. The molecule has 29 heavy (non-hydrogen) atoms. The van der Waals surface area contributed by atoms with Crippen LogP contribution in [-0.4, -0.2) is 58.4 Å². The van der Waals surface area contributed by atoms with Crippen LogP contribution in [0.4, 0.5) is 0 Å². The first-order valence-corrected chi connectivity index (χ1v) is 14.5. The van der Waals surface area contributed by atoms with E-state index in [0.29, 0.717) is 0 Å². The summed E-state index contributed by atoms with van der Waals surface area (Å²) in [7, 11) is 1.42. The summed E-state index contributed by atoms with van der Waals surface area (Å²) in [5.74, 6) is 7.70. The van der Waals surface area contributed by atoms with Gasteiger partial charge in [0.15, 0.2) is 0 Å². The van der Waals surface area contributed by atoms with Gasteiger partial charge in [0, 0.05) is 40.4 Å². The molecule has 0 N–H and O–H groups in total. The second-order valence-corrected chi connectivity index (χ2v) is 14.7. The van der Waals surface area contributed by atoms with Gasteiger partial charge in [-0.3, -0.25) is 9.13 Å². The Balaban J connectivity index is 1.27. The minimum atomic E-state index is -2.51. The highest BCUT2D eigenvalue weighted by Gasteiger charge is 2.60. The summed E-state index contributed by atoms with van der Waals surface area (Å²) < 4.78 is 18.6. The maximum atomic E-state index is 6.51. The fourth-order valence-electron chi connectivity index (χ4n) is 9.67. The molecular weight excluding hydrogens is 376 g/mol. The van der Waals surface area contributed by atoms with Crippen molar-refractivity contribution >= 4 is 8.88 Å². The molecule has 5 heteroatoms. The second-order valence-electron chi connectivity index (χ2n) is 11.5. The molecule has 6 fully saturated rings. The molecule has 6 aliphatic rings. The molecule has 4 saturated carbocycles. The molecule has 0 radical (unpaired) electrons. The van der Waals surface area contributed by atoms with Crippen LogP contribution in [0.2, 0.25) is 0 Å². The van der Waals surface area contributed by atoms with Crippen LogP contribution in [0.3, 0.4) is 0 Å². The molecule has 2 aliphatic heterocycles. The summed E-state index contributed by atoms with van der Waals surface area (Å²) >= 11 is 0. The molecule has 6 rings (SSSR count). The van der Waals surface area contributed by atoms with E-state index in [4.69, 9.17) is 8.85 Å².